The van der Waals surface area contributed by atoms with Crippen molar-refractivity contribution >= 4 is 11.6 Å². The van der Waals surface area contributed by atoms with Crippen LogP contribution in [-0.4, -0.2) is 25.2 Å². The number of halogens is 3. The zero-order chi connectivity index (χ0) is 15.6. The molecule has 4 nitrogen and oxygen atoms in total. The Labute approximate surface area is 115 Å². The maximum absolute atomic E-state index is 12.6. The van der Waals surface area contributed by atoms with Crippen molar-refractivity contribution in [3.8, 4) is 0 Å². The lowest BCUT2D eigenvalue weighted by Crippen LogP contribution is -2.47. The number of anilines is 1. The summed E-state index contributed by atoms with van der Waals surface area (Å²) >= 11 is 0. The second-order valence-corrected chi connectivity index (χ2v) is 5.07. The predicted molar refractivity (Wildman–Crippen MR) is 69.3 cm³/mol. The van der Waals surface area contributed by atoms with Crippen LogP contribution in [0.25, 0.3) is 0 Å². The summed E-state index contributed by atoms with van der Waals surface area (Å²) in [6.45, 7) is 3.61. The summed E-state index contributed by atoms with van der Waals surface area (Å²) in [4.78, 5) is 12.0. The average Bonchev–Trinajstić information content (AvgIpc) is 2.26. The van der Waals surface area contributed by atoms with Gasteiger partial charge < -0.3 is 15.8 Å². The quantitative estimate of drug-likeness (QED) is 0.837. The van der Waals surface area contributed by atoms with Gasteiger partial charge in [0.15, 0.2) is 0 Å². The molecule has 0 unspecified atom stereocenters. The molecule has 20 heavy (non-hydrogen) atoms. The summed E-state index contributed by atoms with van der Waals surface area (Å²) in [6.07, 6.45) is -4.52. The van der Waals surface area contributed by atoms with Gasteiger partial charge >= 0.3 is 6.18 Å². The van der Waals surface area contributed by atoms with Gasteiger partial charge in [-0.3, -0.25) is 4.79 Å². The fraction of sp³-hybridized carbons (Fsp3) is 0.462. The van der Waals surface area contributed by atoms with Crippen molar-refractivity contribution in [2.45, 2.75) is 25.6 Å². The second-order valence-electron chi connectivity index (χ2n) is 5.07. The zero-order valence-electron chi connectivity index (χ0n) is 11.5. The highest BCUT2D eigenvalue weighted by Gasteiger charge is 2.32. The van der Waals surface area contributed by atoms with Crippen molar-refractivity contribution in [1.82, 2.24) is 5.32 Å². The summed E-state index contributed by atoms with van der Waals surface area (Å²) in [5.41, 5.74) is 3.72. The summed E-state index contributed by atoms with van der Waals surface area (Å²) in [5, 5.41) is 2.58. The minimum absolute atomic E-state index is 0.0104. The van der Waals surface area contributed by atoms with Gasteiger partial charge in [-0.1, -0.05) is 0 Å². The monoisotopic (exact) mass is 290 g/mol. The van der Waals surface area contributed by atoms with Crippen molar-refractivity contribution < 1.29 is 22.7 Å². The number of ether oxygens (including phenoxy) is 1. The van der Waals surface area contributed by atoms with E-state index < -0.39 is 23.2 Å². The van der Waals surface area contributed by atoms with Crippen molar-refractivity contribution in [1.29, 1.82) is 0 Å². The van der Waals surface area contributed by atoms with Gasteiger partial charge in [-0.05, 0) is 32.0 Å². The van der Waals surface area contributed by atoms with Crippen LogP contribution in [0, 0.1) is 0 Å². The first-order chi connectivity index (χ1) is 9.07. The number of carbonyl (C=O) groups excluding carboxylic acids is 1. The van der Waals surface area contributed by atoms with Gasteiger partial charge in [0.2, 0.25) is 0 Å². The fourth-order valence-electron chi connectivity index (χ4n) is 1.70. The van der Waals surface area contributed by atoms with Crippen LogP contribution in [-0.2, 0) is 10.9 Å². The van der Waals surface area contributed by atoms with Gasteiger partial charge in [0.25, 0.3) is 5.91 Å². The van der Waals surface area contributed by atoms with Gasteiger partial charge in [0.1, 0.15) is 0 Å². The van der Waals surface area contributed by atoms with Gasteiger partial charge in [-0.2, -0.15) is 13.2 Å². The molecule has 0 heterocycles. The third-order valence-electron chi connectivity index (χ3n) is 2.58. The molecule has 1 amide bonds. The number of alkyl halides is 3. The third-order valence-corrected chi connectivity index (χ3v) is 2.58. The smallest absolute Gasteiger partial charge is 0.398 e. The molecule has 112 valence electrons. The largest absolute Gasteiger partial charge is 0.416 e. The first kappa shape index (κ1) is 16.3. The number of rotatable bonds is 4. The fourth-order valence-corrected chi connectivity index (χ4v) is 1.70. The van der Waals surface area contributed by atoms with Gasteiger partial charge in [-0.25, -0.2) is 0 Å². The van der Waals surface area contributed by atoms with Crippen molar-refractivity contribution in [3.63, 3.8) is 0 Å². The number of hydrogen-bond donors (Lipinski definition) is 2. The molecule has 1 aromatic rings. The highest BCUT2D eigenvalue weighted by molar-refractivity contribution is 5.99. The topological polar surface area (TPSA) is 64.3 Å². The van der Waals surface area contributed by atoms with Crippen LogP contribution in [0.15, 0.2) is 18.2 Å². The molecule has 0 saturated carbocycles. The predicted octanol–water partition coefficient (Wildman–Crippen LogP) is 2.44. The van der Waals surface area contributed by atoms with Crippen LogP contribution in [0.5, 0.6) is 0 Å². The Kier molecular flexibility index (Phi) is 4.65. The molecule has 0 radical (unpaired) electrons. The van der Waals surface area contributed by atoms with Crippen molar-refractivity contribution in [3.05, 3.63) is 29.3 Å². The number of nitrogens with two attached hydrogens (primary N) is 1. The molecule has 0 bridgehead atoms. The molecule has 0 fully saturated rings. The third kappa shape index (κ3) is 4.12. The van der Waals surface area contributed by atoms with Crippen molar-refractivity contribution in [2.24, 2.45) is 0 Å². The second kappa shape index (κ2) is 5.70. The Balaban J connectivity index is 3.04. The number of carbonyl (C=O) groups is 1. The lowest BCUT2D eigenvalue weighted by Gasteiger charge is -2.25. The van der Waals surface area contributed by atoms with Crippen LogP contribution < -0.4 is 11.1 Å². The Bertz CT molecular complexity index is 499. The molecule has 0 aliphatic carbocycles. The maximum Gasteiger partial charge on any atom is 0.416 e. The summed E-state index contributed by atoms with van der Waals surface area (Å²) in [7, 11) is 1.46. The van der Waals surface area contributed by atoms with Crippen molar-refractivity contribution in [2.75, 3.05) is 19.5 Å². The SMILES string of the molecule is COCC(C)(C)NC(=O)c1cc(C(F)(F)F)ccc1N. The summed E-state index contributed by atoms with van der Waals surface area (Å²) < 4.78 is 42.8. The van der Waals surface area contributed by atoms with E-state index in [9.17, 15) is 18.0 Å². The number of nitrogen functional groups attached to an aromatic ring is 1. The van der Waals surface area contributed by atoms with Gasteiger partial charge in [0.05, 0.1) is 23.3 Å². The van der Waals surface area contributed by atoms with Crippen LogP contribution >= 0.6 is 0 Å². The van der Waals surface area contributed by atoms with Crippen LogP contribution in [0.3, 0.4) is 0 Å². The molecule has 0 aliphatic rings. The van der Waals surface area contributed by atoms with E-state index in [1.54, 1.807) is 13.8 Å². The highest BCUT2D eigenvalue weighted by Crippen LogP contribution is 2.31. The van der Waals surface area contributed by atoms with E-state index >= 15 is 0 Å². The van der Waals surface area contributed by atoms with E-state index in [2.05, 4.69) is 5.32 Å². The zero-order valence-corrected chi connectivity index (χ0v) is 11.5. The minimum atomic E-state index is -4.52. The number of hydrogen-bond acceptors (Lipinski definition) is 3. The first-order valence-electron chi connectivity index (χ1n) is 5.85. The number of nitrogens with one attached hydrogen (secondary N) is 1. The Morgan fingerprint density at radius 2 is 1.95 bits per heavy atom. The molecule has 7 heteroatoms. The molecule has 0 atom stereocenters. The first-order valence-corrected chi connectivity index (χ1v) is 5.85. The molecule has 1 aromatic carbocycles. The number of methoxy groups -OCH3 is 1. The molecule has 0 saturated heterocycles. The maximum atomic E-state index is 12.6. The summed E-state index contributed by atoms with van der Waals surface area (Å²) in [5.74, 6) is -0.671. The lowest BCUT2D eigenvalue weighted by molar-refractivity contribution is -0.137. The van der Waals surface area contributed by atoms with E-state index in [4.69, 9.17) is 10.5 Å². The van der Waals surface area contributed by atoms with E-state index in [1.165, 1.54) is 7.11 Å². The molecule has 0 aromatic heterocycles. The minimum Gasteiger partial charge on any atom is -0.398 e. The number of benzene rings is 1. The van der Waals surface area contributed by atoms with E-state index in [0.717, 1.165) is 18.2 Å². The van der Waals surface area contributed by atoms with E-state index in [1.807, 2.05) is 0 Å². The van der Waals surface area contributed by atoms with Gasteiger partial charge in [-0.15, -0.1) is 0 Å². The molecule has 1 rings (SSSR count). The molecule has 0 spiro atoms. The standard InChI is InChI=1S/C13H17F3N2O2/c1-12(2,7-20-3)18-11(19)9-6-8(13(14,15)16)4-5-10(9)17/h4-6H,7,17H2,1-3H3,(H,18,19). The van der Waals surface area contributed by atoms with E-state index in [0.29, 0.717) is 0 Å². The van der Waals surface area contributed by atoms with Crippen LogP contribution in [0.4, 0.5) is 18.9 Å². The molecular weight excluding hydrogens is 273 g/mol. The highest BCUT2D eigenvalue weighted by atomic mass is 19.4. The molecule has 3 N–H and O–H groups in total. The van der Waals surface area contributed by atoms with E-state index in [-0.39, 0.29) is 17.9 Å². The Morgan fingerprint density at radius 1 is 1.35 bits per heavy atom. The average molecular weight is 290 g/mol. The lowest BCUT2D eigenvalue weighted by atomic mass is 10.0. The molecular formula is C13H17F3N2O2. The molecule has 0 aliphatic heterocycles. The summed E-state index contributed by atoms with van der Waals surface area (Å²) in [6, 6.07) is 2.65. The Morgan fingerprint density at radius 3 is 2.45 bits per heavy atom. The number of amides is 1. The van der Waals surface area contributed by atoms with Gasteiger partial charge in [0, 0.05) is 12.8 Å². The van der Waals surface area contributed by atoms with Crippen LogP contribution in [0.2, 0.25) is 0 Å². The normalized spacial score (nSPS) is 12.3. The Hall–Kier alpha value is -1.76. The van der Waals surface area contributed by atoms with Crippen LogP contribution in [0.1, 0.15) is 29.8 Å².